The van der Waals surface area contributed by atoms with Crippen LogP contribution in [-0.2, 0) is 14.9 Å². The molecule has 0 aliphatic carbocycles. The number of carbonyl (C=O) groups is 1. The fraction of sp³-hybridized carbons (Fsp3) is 0.923. The number of hydrogen-bond donors (Lipinski definition) is 2. The van der Waals surface area contributed by atoms with E-state index in [4.69, 9.17) is 11.3 Å². The number of likely N-dealkylation sites (N-methyl/N-ethyl adjacent to an activating group) is 1. The summed E-state index contributed by atoms with van der Waals surface area (Å²) in [6.07, 6.45) is 2.21. The first kappa shape index (κ1) is 22.6. The van der Waals surface area contributed by atoms with Crippen LogP contribution in [0.5, 0.6) is 0 Å². The second kappa shape index (κ2) is 11.2. The zero-order valence-corrected chi connectivity index (χ0v) is 15.2. The average Bonchev–Trinajstić information content (AvgIpc) is 2.44. The van der Waals surface area contributed by atoms with E-state index in [9.17, 15) is 17.8 Å². The van der Waals surface area contributed by atoms with Crippen molar-refractivity contribution in [3.8, 4) is 0 Å². The van der Waals surface area contributed by atoms with E-state index < -0.39 is 16.2 Å². The molecule has 0 aromatic carbocycles. The van der Waals surface area contributed by atoms with Crippen molar-refractivity contribution in [2.24, 2.45) is 10.8 Å². The van der Waals surface area contributed by atoms with E-state index in [0.29, 0.717) is 49.9 Å². The molecular weight excluding hydrogens is 336 g/mol. The van der Waals surface area contributed by atoms with E-state index >= 15 is 0 Å². The van der Waals surface area contributed by atoms with E-state index in [1.165, 1.54) is 0 Å². The molecule has 24 heavy (non-hydrogen) atoms. The summed E-state index contributed by atoms with van der Waals surface area (Å²) in [5.74, 6) is -0.609. The number of nitrogens with one attached hydrogen (secondary N) is 1. The Labute approximate surface area is 143 Å². The van der Waals surface area contributed by atoms with Crippen LogP contribution >= 0.6 is 0 Å². The highest BCUT2D eigenvalue weighted by atomic mass is 32.2. The highest BCUT2D eigenvalue weighted by Crippen LogP contribution is 2.02. The van der Waals surface area contributed by atoms with Crippen LogP contribution in [0.25, 0.3) is 10.4 Å². The first-order valence-electron chi connectivity index (χ1n) is 7.87. The lowest BCUT2D eigenvalue weighted by molar-refractivity contribution is -0.889. The lowest BCUT2D eigenvalue weighted by atomic mass is 10.1. The van der Waals surface area contributed by atoms with Gasteiger partial charge in [-0.2, -0.15) is 0 Å². The second-order valence-electron chi connectivity index (χ2n) is 6.35. The number of rotatable bonds is 13. The van der Waals surface area contributed by atoms with Crippen molar-refractivity contribution in [3.05, 3.63) is 10.4 Å². The minimum atomic E-state index is -4.18. The van der Waals surface area contributed by atoms with Crippen molar-refractivity contribution in [3.63, 3.8) is 0 Å². The zero-order chi connectivity index (χ0) is 18.6. The number of nitrogens with two attached hydrogens (primary N) is 1. The van der Waals surface area contributed by atoms with Crippen LogP contribution in [0.4, 0.5) is 0 Å². The van der Waals surface area contributed by atoms with E-state index in [-0.39, 0.29) is 18.1 Å². The zero-order valence-electron chi connectivity index (χ0n) is 14.3. The van der Waals surface area contributed by atoms with Gasteiger partial charge in [0.2, 0.25) is 5.91 Å². The maximum absolute atomic E-state index is 11.8. The van der Waals surface area contributed by atoms with Crippen LogP contribution in [0.2, 0.25) is 0 Å². The number of hydrogen-bond acceptors (Lipinski definition) is 6. The second-order valence-corrected chi connectivity index (χ2v) is 7.87. The van der Waals surface area contributed by atoms with Gasteiger partial charge in [0.05, 0.1) is 49.9 Å². The molecule has 0 fully saturated rings. The molecule has 0 heterocycles. The Bertz CT molecular complexity index is 531. The average molecular weight is 364 g/mol. The minimum Gasteiger partial charge on any atom is -0.748 e. The monoisotopic (exact) mass is 364 g/mol. The first-order chi connectivity index (χ1) is 11.1. The topological polar surface area (TPSA) is 161 Å². The third-order valence-corrected chi connectivity index (χ3v) is 4.39. The molecule has 0 bridgehead atoms. The predicted molar refractivity (Wildman–Crippen MR) is 89.9 cm³/mol. The number of amides is 1. The highest BCUT2D eigenvalue weighted by Gasteiger charge is 2.17. The van der Waals surface area contributed by atoms with Crippen LogP contribution in [0.15, 0.2) is 5.11 Å². The Morgan fingerprint density at radius 1 is 1.33 bits per heavy atom. The van der Waals surface area contributed by atoms with Gasteiger partial charge in [-0.05, 0) is 18.4 Å². The fourth-order valence-electron chi connectivity index (χ4n) is 2.12. The van der Waals surface area contributed by atoms with E-state index in [1.54, 1.807) is 0 Å². The summed E-state index contributed by atoms with van der Waals surface area (Å²) < 4.78 is 32.2. The fourth-order valence-corrected chi connectivity index (χ4v) is 2.60. The summed E-state index contributed by atoms with van der Waals surface area (Å²) in [6, 6.07) is -0.600. The number of unbranched alkanes of at least 4 members (excludes halogenated alkanes) is 1. The molecule has 0 rings (SSSR count). The Hall–Kier alpha value is -1.39. The van der Waals surface area contributed by atoms with Crippen LogP contribution < -0.4 is 11.1 Å². The van der Waals surface area contributed by atoms with Crippen molar-refractivity contribution in [1.29, 1.82) is 0 Å². The number of azide groups is 1. The summed E-state index contributed by atoms with van der Waals surface area (Å²) in [5.41, 5.74) is 13.9. The normalized spacial score (nSPS) is 13.2. The molecule has 1 amide bonds. The Balaban J connectivity index is 3.93. The molecule has 140 valence electrons. The predicted octanol–water partition coefficient (Wildman–Crippen LogP) is -0.0778. The summed E-state index contributed by atoms with van der Waals surface area (Å²) in [5, 5.41) is 6.17. The molecular formula is C13H28N6O4S. The van der Waals surface area contributed by atoms with Crippen molar-refractivity contribution < 1.29 is 22.2 Å². The number of carbonyl (C=O) groups excluding carboxylic acids is 1. The van der Waals surface area contributed by atoms with Crippen molar-refractivity contribution >= 4 is 16.0 Å². The van der Waals surface area contributed by atoms with Gasteiger partial charge in [-0.3, -0.25) is 4.79 Å². The Morgan fingerprint density at radius 2 is 2.00 bits per heavy atom. The van der Waals surface area contributed by atoms with Gasteiger partial charge in [-0.25, -0.2) is 8.42 Å². The van der Waals surface area contributed by atoms with Crippen molar-refractivity contribution in [1.82, 2.24) is 5.32 Å². The highest BCUT2D eigenvalue weighted by molar-refractivity contribution is 7.85. The molecule has 0 saturated heterocycles. The largest absolute Gasteiger partial charge is 0.748 e. The van der Waals surface area contributed by atoms with E-state index in [0.717, 1.165) is 0 Å². The smallest absolute Gasteiger partial charge is 0.237 e. The molecule has 0 unspecified atom stereocenters. The third-order valence-electron chi connectivity index (χ3n) is 3.60. The van der Waals surface area contributed by atoms with Crippen LogP contribution in [-0.4, -0.2) is 75.4 Å². The molecule has 0 aliphatic heterocycles. The van der Waals surface area contributed by atoms with Gasteiger partial charge < -0.3 is 20.1 Å². The molecule has 3 N–H and O–H groups in total. The summed E-state index contributed by atoms with van der Waals surface area (Å²) in [6.45, 7) is 1.95. The molecule has 0 aromatic rings. The van der Waals surface area contributed by atoms with Crippen LogP contribution in [0, 0.1) is 0 Å². The Kier molecular flexibility index (Phi) is 10.6. The summed E-state index contributed by atoms with van der Waals surface area (Å²) in [7, 11) is -0.375. The molecule has 10 nitrogen and oxygen atoms in total. The molecule has 0 saturated carbocycles. The molecule has 0 aliphatic rings. The van der Waals surface area contributed by atoms with Gasteiger partial charge >= 0.3 is 0 Å². The Morgan fingerprint density at radius 3 is 2.58 bits per heavy atom. The van der Waals surface area contributed by atoms with Gasteiger partial charge in [0.25, 0.3) is 0 Å². The lowest BCUT2D eigenvalue weighted by Crippen LogP contribution is -2.48. The first-order valence-corrected chi connectivity index (χ1v) is 9.45. The molecule has 0 radical (unpaired) electrons. The quantitative estimate of drug-likeness (QED) is 0.116. The van der Waals surface area contributed by atoms with Crippen LogP contribution in [0.1, 0.15) is 25.7 Å². The van der Waals surface area contributed by atoms with Gasteiger partial charge in [-0.1, -0.05) is 11.5 Å². The van der Waals surface area contributed by atoms with Gasteiger partial charge in [0.1, 0.15) is 0 Å². The van der Waals surface area contributed by atoms with E-state index in [1.807, 2.05) is 14.1 Å². The van der Waals surface area contributed by atoms with Gasteiger partial charge in [-0.15, -0.1) is 0 Å². The van der Waals surface area contributed by atoms with E-state index in [2.05, 4.69) is 15.3 Å². The summed E-state index contributed by atoms with van der Waals surface area (Å²) in [4.78, 5) is 14.5. The van der Waals surface area contributed by atoms with Gasteiger partial charge in [0.15, 0.2) is 0 Å². The third kappa shape index (κ3) is 13.1. The maximum Gasteiger partial charge on any atom is 0.237 e. The van der Waals surface area contributed by atoms with Crippen LogP contribution in [0.3, 0.4) is 0 Å². The number of nitrogens with zero attached hydrogens (tertiary/aromatic N) is 4. The lowest BCUT2D eigenvalue weighted by Gasteiger charge is -2.30. The minimum absolute atomic E-state index is 0.235. The SMILES string of the molecule is C[N+](C)(CCCS(=O)(=O)[O-])CCNC(=O)[C@@H](N)CCCCN=[N+]=[N-]. The maximum atomic E-state index is 11.8. The molecule has 1 atom stereocenters. The standard InChI is InChI=1S/C13H28N6O4S/c1-19(2,9-5-11-24(21,22)23)10-8-16-13(20)12(14)6-3-4-7-17-18-15/h12H,3-11,14H2,1-2H3,(H-,16,20,21,22,23)/t12-/m0/s1. The number of quaternary nitrogens is 1. The molecule has 11 heteroatoms. The van der Waals surface area contributed by atoms with Gasteiger partial charge in [0, 0.05) is 23.6 Å². The molecule has 0 aromatic heterocycles. The van der Waals surface area contributed by atoms with Crippen molar-refractivity contribution in [2.45, 2.75) is 31.7 Å². The van der Waals surface area contributed by atoms with Crippen molar-refractivity contribution in [2.75, 3.05) is 46.0 Å². The summed E-state index contributed by atoms with van der Waals surface area (Å²) >= 11 is 0. The molecule has 0 spiro atoms.